The first-order valence-corrected chi connectivity index (χ1v) is 10.6. The number of fused-ring (bicyclic) bond motifs is 1. The maximum absolute atomic E-state index is 11.4. The summed E-state index contributed by atoms with van der Waals surface area (Å²) in [5.41, 5.74) is 5.61. The molecule has 158 valence electrons. The number of benzene rings is 3. The van der Waals surface area contributed by atoms with Gasteiger partial charge in [-0.3, -0.25) is 4.79 Å². The molecule has 0 saturated carbocycles. The fourth-order valence-electron chi connectivity index (χ4n) is 3.80. The Morgan fingerprint density at radius 2 is 1.52 bits per heavy atom. The van der Waals surface area contributed by atoms with Gasteiger partial charge in [0.1, 0.15) is 19.0 Å². The number of carbonyl (C=O) groups excluding carboxylic acids is 1. The van der Waals surface area contributed by atoms with Crippen LogP contribution in [0.15, 0.2) is 78.9 Å². The molecule has 0 aliphatic heterocycles. The predicted molar refractivity (Wildman–Crippen MR) is 123 cm³/mol. The Hall–Kier alpha value is -3.53. The number of esters is 1. The molecule has 0 radical (unpaired) electrons. The summed E-state index contributed by atoms with van der Waals surface area (Å²) in [6.07, 6.45) is 0.916. The van der Waals surface area contributed by atoms with Crippen molar-refractivity contribution in [3.8, 4) is 5.75 Å². The normalized spacial score (nSPS) is 10.9. The molecule has 1 heterocycles. The fraction of sp³-hybridized carbons (Fsp3) is 0.222. The molecule has 4 heteroatoms. The van der Waals surface area contributed by atoms with Crippen molar-refractivity contribution in [3.63, 3.8) is 0 Å². The number of aryl methyl sites for hydroxylation is 1. The Morgan fingerprint density at radius 3 is 2.16 bits per heavy atom. The van der Waals surface area contributed by atoms with Crippen LogP contribution < -0.4 is 4.74 Å². The van der Waals surface area contributed by atoms with Gasteiger partial charge in [0.25, 0.3) is 0 Å². The third kappa shape index (κ3) is 4.97. The van der Waals surface area contributed by atoms with E-state index in [9.17, 15) is 4.79 Å². The van der Waals surface area contributed by atoms with Gasteiger partial charge in [-0.1, -0.05) is 67.6 Å². The van der Waals surface area contributed by atoms with Crippen LogP contribution in [-0.4, -0.2) is 10.5 Å². The average Bonchev–Trinajstić information content (AvgIpc) is 3.15. The smallest absolute Gasteiger partial charge is 0.302 e. The van der Waals surface area contributed by atoms with Gasteiger partial charge in [0, 0.05) is 24.5 Å². The Labute approximate surface area is 183 Å². The van der Waals surface area contributed by atoms with Crippen LogP contribution in [0, 0.1) is 0 Å². The van der Waals surface area contributed by atoms with Crippen LogP contribution in [0.2, 0.25) is 0 Å². The van der Waals surface area contributed by atoms with E-state index < -0.39 is 0 Å². The zero-order chi connectivity index (χ0) is 21.6. The highest BCUT2D eigenvalue weighted by atomic mass is 16.5. The molecule has 0 unspecified atom stereocenters. The van der Waals surface area contributed by atoms with Crippen LogP contribution >= 0.6 is 0 Å². The molecule has 4 rings (SSSR count). The van der Waals surface area contributed by atoms with Gasteiger partial charge < -0.3 is 14.0 Å². The van der Waals surface area contributed by atoms with Gasteiger partial charge in [-0.25, -0.2) is 0 Å². The van der Waals surface area contributed by atoms with Gasteiger partial charge in [0.15, 0.2) is 0 Å². The third-order valence-electron chi connectivity index (χ3n) is 5.35. The van der Waals surface area contributed by atoms with E-state index in [1.165, 1.54) is 18.2 Å². The number of hydrogen-bond acceptors (Lipinski definition) is 3. The number of carbonyl (C=O) groups is 1. The Balaban J connectivity index is 1.76. The minimum Gasteiger partial charge on any atom is -0.488 e. The van der Waals surface area contributed by atoms with Crippen molar-refractivity contribution in [2.75, 3.05) is 0 Å². The van der Waals surface area contributed by atoms with Gasteiger partial charge in [0.2, 0.25) is 0 Å². The lowest BCUT2D eigenvalue weighted by Crippen LogP contribution is -2.05. The highest BCUT2D eigenvalue weighted by Gasteiger charge is 2.15. The number of nitrogens with zero attached hydrogens (tertiary/aromatic N) is 1. The first kappa shape index (κ1) is 20.7. The zero-order valence-corrected chi connectivity index (χ0v) is 18.0. The quantitative estimate of drug-likeness (QED) is 0.338. The lowest BCUT2D eigenvalue weighted by Gasteiger charge is -2.13. The molecule has 0 fully saturated rings. The van der Waals surface area contributed by atoms with Crippen LogP contribution in [-0.2, 0) is 35.7 Å². The lowest BCUT2D eigenvalue weighted by atomic mass is 10.1. The zero-order valence-electron chi connectivity index (χ0n) is 18.0. The van der Waals surface area contributed by atoms with Crippen LogP contribution in [0.25, 0.3) is 10.9 Å². The molecule has 4 aromatic rings. The van der Waals surface area contributed by atoms with Crippen molar-refractivity contribution < 1.29 is 14.3 Å². The van der Waals surface area contributed by atoms with E-state index in [0.717, 1.165) is 40.7 Å². The maximum Gasteiger partial charge on any atom is 0.302 e. The standard InChI is InChI=1S/C27H27NO3/c1-3-24-16-25-26(28(24)17-21-10-6-4-7-11-21)14-23(19-30-20(2)29)15-27(25)31-18-22-12-8-5-9-13-22/h4-16H,3,17-19H2,1-2H3. The molecule has 0 amide bonds. The summed E-state index contributed by atoms with van der Waals surface area (Å²) >= 11 is 0. The summed E-state index contributed by atoms with van der Waals surface area (Å²) in [7, 11) is 0. The molecule has 1 aromatic heterocycles. The molecule has 0 saturated heterocycles. The molecule has 3 aromatic carbocycles. The first-order valence-electron chi connectivity index (χ1n) is 10.6. The highest BCUT2D eigenvalue weighted by Crippen LogP contribution is 2.33. The van der Waals surface area contributed by atoms with E-state index in [-0.39, 0.29) is 12.6 Å². The Kier molecular flexibility index (Phi) is 6.37. The van der Waals surface area contributed by atoms with Gasteiger partial charge in [0.05, 0.1) is 5.52 Å². The van der Waals surface area contributed by atoms with Crippen molar-refractivity contribution in [1.29, 1.82) is 0 Å². The summed E-state index contributed by atoms with van der Waals surface area (Å²) in [5, 5.41) is 1.08. The molecule has 0 N–H and O–H groups in total. The van der Waals surface area contributed by atoms with Gasteiger partial charge in [-0.05, 0) is 41.3 Å². The van der Waals surface area contributed by atoms with E-state index in [1.807, 2.05) is 30.3 Å². The fourth-order valence-corrected chi connectivity index (χ4v) is 3.80. The van der Waals surface area contributed by atoms with Crippen molar-refractivity contribution in [2.45, 2.75) is 40.0 Å². The van der Waals surface area contributed by atoms with E-state index >= 15 is 0 Å². The van der Waals surface area contributed by atoms with E-state index in [2.05, 4.69) is 60.0 Å². The minimum atomic E-state index is -0.291. The second kappa shape index (κ2) is 9.52. The van der Waals surface area contributed by atoms with Crippen molar-refractivity contribution >= 4 is 16.9 Å². The predicted octanol–water partition coefficient (Wildman–Crippen LogP) is 5.89. The molecular weight excluding hydrogens is 386 g/mol. The SMILES string of the molecule is CCc1cc2c(OCc3ccccc3)cc(COC(C)=O)cc2n1Cc1ccccc1. The van der Waals surface area contributed by atoms with E-state index in [1.54, 1.807) is 0 Å². The summed E-state index contributed by atoms with van der Waals surface area (Å²) in [5.74, 6) is 0.519. The van der Waals surface area contributed by atoms with Crippen molar-refractivity contribution in [3.05, 3.63) is 101 Å². The topological polar surface area (TPSA) is 40.5 Å². The number of rotatable bonds is 8. The Morgan fingerprint density at radius 1 is 0.839 bits per heavy atom. The minimum absolute atomic E-state index is 0.227. The average molecular weight is 414 g/mol. The van der Waals surface area contributed by atoms with Crippen molar-refractivity contribution in [1.82, 2.24) is 4.57 Å². The maximum atomic E-state index is 11.4. The first-order chi connectivity index (χ1) is 15.1. The Bertz CT molecular complexity index is 1160. The summed E-state index contributed by atoms with van der Waals surface area (Å²) < 4.78 is 13.9. The molecule has 31 heavy (non-hydrogen) atoms. The molecule has 0 aliphatic rings. The number of ether oxygens (including phenoxy) is 2. The van der Waals surface area contributed by atoms with Crippen LogP contribution in [0.5, 0.6) is 5.75 Å². The molecule has 0 atom stereocenters. The van der Waals surface area contributed by atoms with E-state index in [4.69, 9.17) is 9.47 Å². The van der Waals surface area contributed by atoms with Gasteiger partial charge in [-0.2, -0.15) is 0 Å². The number of aromatic nitrogens is 1. The molecular formula is C27H27NO3. The summed E-state index contributed by atoms with van der Waals surface area (Å²) in [6.45, 7) is 5.09. The third-order valence-corrected chi connectivity index (χ3v) is 5.35. The van der Waals surface area contributed by atoms with Crippen molar-refractivity contribution in [2.24, 2.45) is 0 Å². The summed E-state index contributed by atoms with van der Waals surface area (Å²) in [4.78, 5) is 11.4. The number of hydrogen-bond donors (Lipinski definition) is 0. The lowest BCUT2D eigenvalue weighted by molar-refractivity contribution is -0.142. The molecule has 4 nitrogen and oxygen atoms in total. The van der Waals surface area contributed by atoms with Gasteiger partial charge in [-0.15, -0.1) is 0 Å². The molecule has 0 bridgehead atoms. The van der Waals surface area contributed by atoms with Crippen LogP contribution in [0.3, 0.4) is 0 Å². The highest BCUT2D eigenvalue weighted by molar-refractivity contribution is 5.88. The van der Waals surface area contributed by atoms with E-state index in [0.29, 0.717) is 6.61 Å². The summed E-state index contributed by atoms with van der Waals surface area (Å²) in [6, 6.07) is 26.9. The van der Waals surface area contributed by atoms with Gasteiger partial charge >= 0.3 is 5.97 Å². The molecule has 0 spiro atoms. The monoisotopic (exact) mass is 413 g/mol. The molecule has 0 aliphatic carbocycles. The van der Waals surface area contributed by atoms with Crippen LogP contribution in [0.4, 0.5) is 0 Å². The largest absolute Gasteiger partial charge is 0.488 e. The second-order valence-corrected chi connectivity index (χ2v) is 7.64. The second-order valence-electron chi connectivity index (χ2n) is 7.64. The van der Waals surface area contributed by atoms with Crippen LogP contribution in [0.1, 0.15) is 36.2 Å².